The van der Waals surface area contributed by atoms with Crippen LogP contribution in [0.3, 0.4) is 0 Å². The molecule has 3 aromatic rings. The summed E-state index contributed by atoms with van der Waals surface area (Å²) in [6.45, 7) is 1.94. The highest BCUT2D eigenvalue weighted by Gasteiger charge is 2.21. The maximum absolute atomic E-state index is 12.9. The number of anilines is 1. The monoisotopic (exact) mass is 364 g/mol. The molecule has 0 radical (unpaired) electrons. The summed E-state index contributed by atoms with van der Waals surface area (Å²) in [7, 11) is 1.56. The van der Waals surface area contributed by atoms with Gasteiger partial charge in [0.05, 0.1) is 19.3 Å². The molecule has 27 heavy (non-hydrogen) atoms. The third kappa shape index (κ3) is 3.55. The van der Waals surface area contributed by atoms with Gasteiger partial charge in [-0.25, -0.2) is 4.79 Å². The number of hydrogen-bond donors (Lipinski definition) is 1. The van der Waals surface area contributed by atoms with Gasteiger partial charge in [-0.3, -0.25) is 9.36 Å². The van der Waals surface area contributed by atoms with Crippen LogP contribution >= 0.6 is 0 Å². The van der Waals surface area contributed by atoms with Crippen molar-refractivity contribution in [1.82, 2.24) is 4.57 Å². The van der Waals surface area contributed by atoms with E-state index in [0.717, 1.165) is 0 Å². The van der Waals surface area contributed by atoms with Crippen LogP contribution in [0.25, 0.3) is 16.8 Å². The van der Waals surface area contributed by atoms with E-state index in [2.05, 4.69) is 0 Å². The van der Waals surface area contributed by atoms with Gasteiger partial charge in [-0.1, -0.05) is 30.3 Å². The lowest BCUT2D eigenvalue weighted by molar-refractivity contribution is 0.0526. The van der Waals surface area contributed by atoms with Gasteiger partial charge in [-0.05, 0) is 36.8 Å². The Morgan fingerprint density at radius 2 is 1.74 bits per heavy atom. The highest BCUT2D eigenvalue weighted by atomic mass is 16.5. The first kappa shape index (κ1) is 18.3. The molecule has 1 heterocycles. The molecule has 138 valence electrons. The average molecular weight is 364 g/mol. The fraction of sp³-hybridized carbons (Fsp3) is 0.143. The van der Waals surface area contributed by atoms with Gasteiger partial charge in [-0.2, -0.15) is 0 Å². The predicted octanol–water partition coefficient (Wildman–Crippen LogP) is 3.27. The maximum atomic E-state index is 12.9. The van der Waals surface area contributed by atoms with Gasteiger partial charge in [-0.15, -0.1) is 0 Å². The number of methoxy groups -OCH3 is 1. The molecule has 0 aliphatic rings. The van der Waals surface area contributed by atoms with Crippen molar-refractivity contribution < 1.29 is 14.3 Å². The van der Waals surface area contributed by atoms with E-state index in [-0.39, 0.29) is 17.9 Å². The Kier molecular flexibility index (Phi) is 5.26. The summed E-state index contributed by atoms with van der Waals surface area (Å²) in [6.07, 6.45) is 1.47. The Morgan fingerprint density at radius 1 is 1.07 bits per heavy atom. The van der Waals surface area contributed by atoms with Gasteiger partial charge in [0.25, 0.3) is 5.56 Å². The van der Waals surface area contributed by atoms with Crippen molar-refractivity contribution in [1.29, 1.82) is 0 Å². The van der Waals surface area contributed by atoms with E-state index >= 15 is 0 Å². The second kappa shape index (κ2) is 7.78. The molecule has 0 unspecified atom stereocenters. The molecule has 6 nitrogen and oxygen atoms in total. The highest BCUT2D eigenvalue weighted by Crippen LogP contribution is 2.29. The largest absolute Gasteiger partial charge is 0.497 e. The lowest BCUT2D eigenvalue weighted by Gasteiger charge is -2.16. The molecule has 0 bridgehead atoms. The first-order valence-electron chi connectivity index (χ1n) is 8.49. The quantitative estimate of drug-likeness (QED) is 0.703. The van der Waals surface area contributed by atoms with E-state index < -0.39 is 11.5 Å². The predicted molar refractivity (Wildman–Crippen MR) is 104 cm³/mol. The zero-order valence-electron chi connectivity index (χ0n) is 15.1. The van der Waals surface area contributed by atoms with Crippen LogP contribution in [0.2, 0.25) is 0 Å². The number of nitrogens with two attached hydrogens (primary N) is 1. The first-order chi connectivity index (χ1) is 13.1. The lowest BCUT2D eigenvalue weighted by Crippen LogP contribution is -2.25. The van der Waals surface area contributed by atoms with Gasteiger partial charge in [0.15, 0.2) is 0 Å². The van der Waals surface area contributed by atoms with Crippen LogP contribution in [-0.2, 0) is 4.74 Å². The number of carbonyl (C=O) groups is 1. The van der Waals surface area contributed by atoms with Gasteiger partial charge >= 0.3 is 5.97 Å². The Hall–Kier alpha value is -3.54. The molecule has 0 fully saturated rings. The molecule has 2 aromatic carbocycles. The summed E-state index contributed by atoms with van der Waals surface area (Å²) in [5.41, 5.74) is 7.61. The number of hydrogen-bond acceptors (Lipinski definition) is 5. The number of nitrogens with zero attached hydrogens (tertiary/aromatic N) is 1. The number of esters is 1. The number of rotatable bonds is 5. The molecule has 6 heteroatoms. The number of benzene rings is 2. The van der Waals surface area contributed by atoms with E-state index in [0.29, 0.717) is 22.6 Å². The molecular formula is C21H20N2O4. The molecule has 3 rings (SSSR count). The number of nitrogen functional groups attached to an aromatic ring is 1. The second-order valence-corrected chi connectivity index (χ2v) is 5.79. The fourth-order valence-electron chi connectivity index (χ4n) is 2.85. The van der Waals surface area contributed by atoms with Crippen molar-refractivity contribution in [3.63, 3.8) is 0 Å². The molecule has 2 N–H and O–H groups in total. The minimum absolute atomic E-state index is 0.0115. The van der Waals surface area contributed by atoms with Gasteiger partial charge in [0, 0.05) is 17.4 Å². The van der Waals surface area contributed by atoms with Crippen molar-refractivity contribution >= 4 is 11.7 Å². The molecule has 0 aliphatic heterocycles. The van der Waals surface area contributed by atoms with Crippen LogP contribution in [0.5, 0.6) is 5.75 Å². The topological polar surface area (TPSA) is 83.5 Å². The van der Waals surface area contributed by atoms with Crippen LogP contribution in [0.15, 0.2) is 65.6 Å². The van der Waals surface area contributed by atoms with E-state index in [4.69, 9.17) is 15.2 Å². The standard InChI is InChI=1S/C21H20N2O4/c1-3-27-21(25)17-13-23(15-9-11-16(26-2)12-10-15)20(24)19(22)18(17)14-7-5-4-6-8-14/h4-13H,3,22H2,1-2H3. The van der Waals surface area contributed by atoms with Gasteiger partial charge in [0.1, 0.15) is 11.4 Å². The maximum Gasteiger partial charge on any atom is 0.340 e. The normalized spacial score (nSPS) is 10.4. The average Bonchev–Trinajstić information content (AvgIpc) is 2.70. The fourth-order valence-corrected chi connectivity index (χ4v) is 2.85. The van der Waals surface area contributed by atoms with Crippen LogP contribution in [0.1, 0.15) is 17.3 Å². The highest BCUT2D eigenvalue weighted by molar-refractivity contribution is 6.00. The molecular weight excluding hydrogens is 344 g/mol. The summed E-state index contributed by atoms with van der Waals surface area (Å²) in [5, 5.41) is 0. The summed E-state index contributed by atoms with van der Waals surface area (Å²) in [6, 6.07) is 16.0. The van der Waals surface area contributed by atoms with E-state index in [1.54, 1.807) is 50.4 Å². The molecule has 0 aliphatic carbocycles. The van der Waals surface area contributed by atoms with Crippen molar-refractivity contribution in [3.8, 4) is 22.6 Å². The number of aromatic nitrogens is 1. The number of carbonyl (C=O) groups excluding carboxylic acids is 1. The second-order valence-electron chi connectivity index (χ2n) is 5.79. The Balaban J connectivity index is 2.25. The van der Waals surface area contributed by atoms with Crippen molar-refractivity contribution in [2.75, 3.05) is 19.5 Å². The molecule has 0 spiro atoms. The Bertz CT molecular complexity index is 1010. The van der Waals surface area contributed by atoms with Crippen molar-refractivity contribution in [3.05, 3.63) is 76.7 Å². The zero-order chi connectivity index (χ0) is 19.4. The van der Waals surface area contributed by atoms with E-state index in [1.807, 2.05) is 18.2 Å². The summed E-state index contributed by atoms with van der Waals surface area (Å²) in [4.78, 5) is 25.5. The van der Waals surface area contributed by atoms with Crippen LogP contribution in [0.4, 0.5) is 5.69 Å². The van der Waals surface area contributed by atoms with Crippen LogP contribution in [0, 0.1) is 0 Å². The number of ether oxygens (including phenoxy) is 2. The third-order valence-corrected chi connectivity index (χ3v) is 4.15. The third-order valence-electron chi connectivity index (χ3n) is 4.15. The zero-order valence-corrected chi connectivity index (χ0v) is 15.1. The van der Waals surface area contributed by atoms with Crippen molar-refractivity contribution in [2.45, 2.75) is 6.92 Å². The molecule has 1 aromatic heterocycles. The Morgan fingerprint density at radius 3 is 2.33 bits per heavy atom. The minimum atomic E-state index is -0.537. The van der Waals surface area contributed by atoms with E-state index in [9.17, 15) is 9.59 Å². The van der Waals surface area contributed by atoms with Crippen LogP contribution < -0.4 is 16.0 Å². The molecule has 0 amide bonds. The minimum Gasteiger partial charge on any atom is -0.497 e. The summed E-state index contributed by atoms with van der Waals surface area (Å²) >= 11 is 0. The smallest absolute Gasteiger partial charge is 0.340 e. The molecule has 0 atom stereocenters. The lowest BCUT2D eigenvalue weighted by atomic mass is 9.99. The van der Waals surface area contributed by atoms with E-state index in [1.165, 1.54) is 10.8 Å². The van der Waals surface area contributed by atoms with Crippen LogP contribution in [-0.4, -0.2) is 24.3 Å². The summed E-state index contributed by atoms with van der Waals surface area (Å²) in [5.74, 6) is 0.122. The summed E-state index contributed by atoms with van der Waals surface area (Å²) < 4.78 is 11.7. The first-order valence-corrected chi connectivity index (χ1v) is 8.49. The van der Waals surface area contributed by atoms with Gasteiger partial charge < -0.3 is 15.2 Å². The van der Waals surface area contributed by atoms with Crippen molar-refractivity contribution in [2.24, 2.45) is 0 Å². The molecule has 0 saturated heterocycles. The molecule has 0 saturated carbocycles. The van der Waals surface area contributed by atoms with Gasteiger partial charge in [0.2, 0.25) is 0 Å². The number of pyridine rings is 1. The SMILES string of the molecule is CCOC(=O)c1cn(-c2ccc(OC)cc2)c(=O)c(N)c1-c1ccccc1. The Labute approximate surface area is 156 Å².